The Balaban J connectivity index is 1.13. The summed E-state index contributed by atoms with van der Waals surface area (Å²) in [6, 6.07) is 21.8. The lowest BCUT2D eigenvalue weighted by Crippen LogP contribution is -2.54. The molecule has 0 spiro atoms. The van der Waals surface area contributed by atoms with E-state index in [4.69, 9.17) is 16.3 Å². The molecule has 2 aliphatic heterocycles. The van der Waals surface area contributed by atoms with E-state index in [-0.39, 0.29) is 31.4 Å². The molecule has 0 saturated carbocycles. The van der Waals surface area contributed by atoms with Crippen LogP contribution in [-0.2, 0) is 37.8 Å². The van der Waals surface area contributed by atoms with Gasteiger partial charge in [-0.2, -0.15) is 0 Å². The van der Waals surface area contributed by atoms with Gasteiger partial charge in [0.15, 0.2) is 11.8 Å². The minimum Gasteiger partial charge on any atom is -0.441 e. The van der Waals surface area contributed by atoms with E-state index in [2.05, 4.69) is 10.3 Å². The number of hydrogen-bond acceptors (Lipinski definition) is 8. The zero-order chi connectivity index (χ0) is 34.0. The van der Waals surface area contributed by atoms with Gasteiger partial charge in [-0.25, -0.2) is 0 Å². The van der Waals surface area contributed by atoms with Gasteiger partial charge >= 0.3 is 5.97 Å². The second-order valence-electron chi connectivity index (χ2n) is 12.1. The van der Waals surface area contributed by atoms with Crippen LogP contribution in [0.5, 0.6) is 0 Å². The van der Waals surface area contributed by atoms with Crippen molar-refractivity contribution in [3.05, 3.63) is 119 Å². The summed E-state index contributed by atoms with van der Waals surface area (Å²) in [4.78, 5) is 40.5. The number of aromatic nitrogens is 3. The summed E-state index contributed by atoms with van der Waals surface area (Å²) in [6.07, 6.45) is 5.63. The number of amides is 2. The Morgan fingerprint density at radius 2 is 1.88 bits per heavy atom. The summed E-state index contributed by atoms with van der Waals surface area (Å²) in [6.45, 7) is 3.71. The van der Waals surface area contributed by atoms with Gasteiger partial charge in [0.1, 0.15) is 0 Å². The van der Waals surface area contributed by atoms with Crippen molar-refractivity contribution in [3.8, 4) is 0 Å². The number of esters is 1. The van der Waals surface area contributed by atoms with Crippen molar-refractivity contribution < 1.29 is 29.3 Å². The molecule has 2 aliphatic rings. The quantitative estimate of drug-likeness (QED) is 0.126. The predicted molar refractivity (Wildman–Crippen MR) is 179 cm³/mol. The molecule has 3 aromatic carbocycles. The van der Waals surface area contributed by atoms with E-state index in [1.807, 2.05) is 48.7 Å². The summed E-state index contributed by atoms with van der Waals surface area (Å²) < 4.78 is 6.92. The van der Waals surface area contributed by atoms with Crippen LogP contribution in [0.2, 0.25) is 5.02 Å². The van der Waals surface area contributed by atoms with Gasteiger partial charge in [0, 0.05) is 41.9 Å². The van der Waals surface area contributed by atoms with E-state index in [0.29, 0.717) is 40.6 Å². The second kappa shape index (κ2) is 13.7. The molecule has 1 aromatic heterocycles. The van der Waals surface area contributed by atoms with Crippen molar-refractivity contribution in [2.75, 3.05) is 16.4 Å². The van der Waals surface area contributed by atoms with Gasteiger partial charge in [0.2, 0.25) is 5.91 Å². The summed E-state index contributed by atoms with van der Waals surface area (Å²) in [5.41, 5.74) is 2.15. The molecule has 3 heterocycles. The molecule has 4 atom stereocenters. The summed E-state index contributed by atoms with van der Waals surface area (Å²) in [5.74, 6) is -1.93. The van der Waals surface area contributed by atoms with E-state index >= 15 is 0 Å². The van der Waals surface area contributed by atoms with Crippen LogP contribution < -0.4 is 9.80 Å². The van der Waals surface area contributed by atoms with Crippen LogP contribution in [0.15, 0.2) is 91.1 Å². The van der Waals surface area contributed by atoms with Gasteiger partial charge in [-0.1, -0.05) is 78.4 Å². The number of β-lactam (4-membered cyclic amide) rings is 1. The fourth-order valence-electron chi connectivity index (χ4n) is 6.29. The first-order valence-corrected chi connectivity index (χ1v) is 16.1. The highest BCUT2D eigenvalue weighted by Crippen LogP contribution is 2.47. The van der Waals surface area contributed by atoms with Crippen LogP contribution in [-0.4, -0.2) is 55.8 Å². The van der Waals surface area contributed by atoms with Gasteiger partial charge in [-0.3, -0.25) is 24.0 Å². The Labute approximate surface area is 283 Å². The molecule has 4 aromatic rings. The average molecular weight is 670 g/mol. The number of halogens is 1. The third-order valence-electron chi connectivity index (χ3n) is 8.90. The SMILES string of the molecule is CC(=O)OC1CC(=O)N1c1ccc(CN2C(=O)[C@](O)([C@H](C)/C=C/CCn3cc(C(CO)c4ccccc4)nn3)c3cc(Cl)ccc32)cc1. The standard InChI is InChI=1S/C36H36ClN5O6/c1-23(8-6-7-17-40-21-31(38-39-40)29(22-43)26-9-4-3-5-10-26)36(47)30-18-27(37)13-16-32(30)41(35(36)46)20-25-11-14-28(15-12-25)42-33(45)19-34(42)48-24(2)44/h3-6,8-16,18,21,23,29,34,43,47H,7,17,19-20,22H2,1-2H3/b8-6+/t23-,29?,34?,36+/m1/s1. The van der Waals surface area contributed by atoms with E-state index in [0.717, 1.165) is 11.1 Å². The predicted octanol–water partition coefficient (Wildman–Crippen LogP) is 4.70. The lowest BCUT2D eigenvalue weighted by atomic mass is 9.83. The first-order chi connectivity index (χ1) is 23.1. The van der Waals surface area contributed by atoms with Crippen LogP contribution in [0.4, 0.5) is 11.4 Å². The Kier molecular flexibility index (Phi) is 9.45. The Morgan fingerprint density at radius 3 is 2.56 bits per heavy atom. The number of fused-ring (bicyclic) bond motifs is 1. The Bertz CT molecular complexity index is 1850. The van der Waals surface area contributed by atoms with Crippen LogP contribution in [0.25, 0.3) is 0 Å². The summed E-state index contributed by atoms with van der Waals surface area (Å²) >= 11 is 6.35. The van der Waals surface area contributed by atoms with Crippen molar-refractivity contribution in [2.45, 2.75) is 57.5 Å². The molecule has 0 aliphatic carbocycles. The lowest BCUT2D eigenvalue weighted by Gasteiger charge is -2.39. The van der Waals surface area contributed by atoms with E-state index < -0.39 is 29.6 Å². The third kappa shape index (κ3) is 6.36. The fraction of sp³-hybridized carbons (Fsp3) is 0.306. The number of hydrogen-bond donors (Lipinski definition) is 2. The highest BCUT2D eigenvalue weighted by molar-refractivity contribution is 6.31. The van der Waals surface area contributed by atoms with Gasteiger partial charge in [-0.05, 0) is 47.9 Å². The molecule has 0 radical (unpaired) electrons. The highest BCUT2D eigenvalue weighted by Gasteiger charge is 2.52. The maximum Gasteiger partial charge on any atom is 0.304 e. The Hall–Kier alpha value is -4.84. The summed E-state index contributed by atoms with van der Waals surface area (Å²) in [5, 5.41) is 30.9. The topological polar surface area (TPSA) is 138 Å². The van der Waals surface area contributed by atoms with Gasteiger partial charge in [0.25, 0.3) is 5.91 Å². The normalized spacial score (nSPS) is 20.1. The lowest BCUT2D eigenvalue weighted by molar-refractivity contribution is -0.153. The first-order valence-electron chi connectivity index (χ1n) is 15.7. The molecule has 12 heteroatoms. The fourth-order valence-corrected chi connectivity index (χ4v) is 6.46. The van der Waals surface area contributed by atoms with Crippen LogP contribution in [0, 0.1) is 5.92 Å². The number of allylic oxidation sites excluding steroid dienone is 1. The molecule has 2 N–H and O–H groups in total. The maximum atomic E-state index is 14.0. The van der Waals surface area contributed by atoms with Crippen molar-refractivity contribution >= 4 is 40.8 Å². The zero-order valence-corrected chi connectivity index (χ0v) is 27.3. The molecule has 11 nitrogen and oxygen atoms in total. The van der Waals surface area contributed by atoms with Crippen LogP contribution >= 0.6 is 11.6 Å². The van der Waals surface area contributed by atoms with Crippen LogP contribution in [0.1, 0.15) is 55.0 Å². The molecule has 248 valence electrons. The molecule has 6 rings (SSSR count). The monoisotopic (exact) mass is 669 g/mol. The van der Waals surface area contributed by atoms with Gasteiger partial charge < -0.3 is 19.8 Å². The first kappa shape index (κ1) is 33.1. The largest absolute Gasteiger partial charge is 0.441 e. The number of aliphatic hydroxyl groups is 2. The van der Waals surface area contributed by atoms with Gasteiger partial charge in [0.05, 0.1) is 36.9 Å². The van der Waals surface area contributed by atoms with Gasteiger partial charge in [-0.15, -0.1) is 5.10 Å². The van der Waals surface area contributed by atoms with Crippen LogP contribution in [0.3, 0.4) is 0 Å². The smallest absolute Gasteiger partial charge is 0.304 e. The number of aryl methyl sites for hydroxylation is 1. The molecule has 48 heavy (non-hydrogen) atoms. The Morgan fingerprint density at radius 1 is 1.12 bits per heavy atom. The number of aliphatic hydroxyl groups excluding tert-OH is 1. The molecular formula is C36H36ClN5O6. The average Bonchev–Trinajstić information content (AvgIpc) is 3.61. The van der Waals surface area contributed by atoms with Crippen molar-refractivity contribution in [2.24, 2.45) is 5.92 Å². The number of rotatable bonds is 12. The highest BCUT2D eigenvalue weighted by atomic mass is 35.5. The van der Waals surface area contributed by atoms with E-state index in [9.17, 15) is 24.6 Å². The number of anilines is 2. The van der Waals surface area contributed by atoms with Crippen molar-refractivity contribution in [1.29, 1.82) is 0 Å². The van der Waals surface area contributed by atoms with E-state index in [1.54, 1.807) is 59.0 Å². The van der Waals surface area contributed by atoms with Crippen molar-refractivity contribution in [3.63, 3.8) is 0 Å². The van der Waals surface area contributed by atoms with Crippen molar-refractivity contribution in [1.82, 2.24) is 15.0 Å². The molecular weight excluding hydrogens is 634 g/mol. The molecule has 2 amide bonds. The zero-order valence-electron chi connectivity index (χ0n) is 26.6. The molecule has 2 unspecified atom stereocenters. The number of benzene rings is 3. The number of nitrogens with zero attached hydrogens (tertiary/aromatic N) is 5. The minimum atomic E-state index is -1.84. The second-order valence-corrected chi connectivity index (χ2v) is 12.5. The number of ether oxygens (including phenoxy) is 1. The minimum absolute atomic E-state index is 0.0851. The molecule has 1 fully saturated rings. The van der Waals surface area contributed by atoms with E-state index in [1.165, 1.54) is 11.8 Å². The number of carbonyl (C=O) groups excluding carboxylic acids is 3. The maximum absolute atomic E-state index is 14.0. The molecule has 1 saturated heterocycles. The number of carbonyl (C=O) groups is 3. The molecule has 0 bridgehead atoms. The third-order valence-corrected chi connectivity index (χ3v) is 9.14. The summed E-state index contributed by atoms with van der Waals surface area (Å²) in [7, 11) is 0.